The van der Waals surface area contributed by atoms with Gasteiger partial charge in [0.15, 0.2) is 5.16 Å². The second kappa shape index (κ2) is 8.10. The van der Waals surface area contributed by atoms with E-state index in [0.29, 0.717) is 11.7 Å². The summed E-state index contributed by atoms with van der Waals surface area (Å²) in [6, 6.07) is 7.56. The Labute approximate surface area is 165 Å². The number of thioether (sulfide) groups is 1. The second-order valence-electron chi connectivity index (χ2n) is 6.70. The summed E-state index contributed by atoms with van der Waals surface area (Å²) in [5.41, 5.74) is 0.790. The molecule has 1 aromatic carbocycles. The van der Waals surface area contributed by atoms with E-state index in [2.05, 4.69) is 36.0 Å². The van der Waals surface area contributed by atoms with Gasteiger partial charge in [-0.05, 0) is 49.9 Å². The molecule has 1 saturated carbocycles. The summed E-state index contributed by atoms with van der Waals surface area (Å²) in [4.78, 5) is 12.3. The molecule has 4 rings (SSSR count). The molecular weight excluding hydrogens is 416 g/mol. The Balaban J connectivity index is 1.39. The molecule has 6 nitrogen and oxygen atoms in total. The van der Waals surface area contributed by atoms with E-state index in [0.717, 1.165) is 47.1 Å². The number of carbonyl (C=O) groups excluding carboxylic acids is 1. The Bertz CT molecular complexity index is 770. The van der Waals surface area contributed by atoms with Gasteiger partial charge in [-0.2, -0.15) is 0 Å². The van der Waals surface area contributed by atoms with E-state index in [-0.39, 0.29) is 12.0 Å². The van der Waals surface area contributed by atoms with E-state index in [1.807, 2.05) is 24.3 Å². The fraction of sp³-hybridized carbons (Fsp3) is 0.500. The second-order valence-corrected chi connectivity index (χ2v) is 8.56. The van der Waals surface area contributed by atoms with Crippen LogP contribution in [0.15, 0.2) is 33.9 Å². The summed E-state index contributed by atoms with van der Waals surface area (Å²) in [5, 5.41) is 12.5. The number of ether oxygens (including phenoxy) is 1. The van der Waals surface area contributed by atoms with Gasteiger partial charge >= 0.3 is 0 Å². The molecule has 2 fully saturated rings. The Hall–Kier alpha value is -1.38. The van der Waals surface area contributed by atoms with Crippen LogP contribution in [0, 0.1) is 0 Å². The van der Waals surface area contributed by atoms with E-state index in [4.69, 9.17) is 4.74 Å². The average molecular weight is 437 g/mol. The molecule has 1 N–H and O–H groups in total. The highest BCUT2D eigenvalue weighted by Crippen LogP contribution is 2.40. The van der Waals surface area contributed by atoms with Gasteiger partial charge in [0.1, 0.15) is 5.82 Å². The number of aromatic nitrogens is 3. The van der Waals surface area contributed by atoms with Gasteiger partial charge in [0.2, 0.25) is 5.91 Å². The minimum Gasteiger partial charge on any atom is -0.376 e. The number of rotatable bonds is 7. The number of anilines is 1. The van der Waals surface area contributed by atoms with Gasteiger partial charge in [0.05, 0.1) is 18.4 Å². The van der Waals surface area contributed by atoms with E-state index >= 15 is 0 Å². The van der Waals surface area contributed by atoms with E-state index in [9.17, 15) is 4.79 Å². The molecule has 1 aliphatic carbocycles. The van der Waals surface area contributed by atoms with Crippen molar-refractivity contribution in [1.29, 1.82) is 0 Å². The highest BCUT2D eigenvalue weighted by atomic mass is 79.9. The lowest BCUT2D eigenvalue weighted by molar-refractivity contribution is -0.113. The van der Waals surface area contributed by atoms with Crippen LogP contribution >= 0.6 is 27.7 Å². The fourth-order valence-corrected chi connectivity index (χ4v) is 4.09. The molecule has 0 spiro atoms. The van der Waals surface area contributed by atoms with Gasteiger partial charge in [0.25, 0.3) is 0 Å². The Morgan fingerprint density at radius 2 is 2.08 bits per heavy atom. The van der Waals surface area contributed by atoms with Crippen molar-refractivity contribution in [3.8, 4) is 0 Å². The zero-order valence-electron chi connectivity index (χ0n) is 14.4. The highest BCUT2D eigenvalue weighted by Gasteiger charge is 2.31. The molecule has 2 heterocycles. The average Bonchev–Trinajstić information content (AvgIpc) is 3.20. The predicted octanol–water partition coefficient (Wildman–Crippen LogP) is 3.83. The van der Waals surface area contributed by atoms with Gasteiger partial charge in [-0.25, -0.2) is 0 Å². The first-order chi connectivity index (χ1) is 12.7. The van der Waals surface area contributed by atoms with Crippen LogP contribution < -0.4 is 5.32 Å². The van der Waals surface area contributed by atoms with E-state index in [1.54, 1.807) is 0 Å². The maximum absolute atomic E-state index is 12.3. The Kier molecular flexibility index (Phi) is 5.61. The summed E-state index contributed by atoms with van der Waals surface area (Å²) < 4.78 is 8.94. The topological polar surface area (TPSA) is 69.0 Å². The molecule has 1 aliphatic heterocycles. The molecule has 1 atom stereocenters. The van der Waals surface area contributed by atoms with Crippen molar-refractivity contribution in [2.24, 2.45) is 0 Å². The van der Waals surface area contributed by atoms with Crippen LogP contribution in [0.4, 0.5) is 5.69 Å². The van der Waals surface area contributed by atoms with Gasteiger partial charge in [-0.3, -0.25) is 4.79 Å². The highest BCUT2D eigenvalue weighted by molar-refractivity contribution is 9.10. The normalized spacial score (nSPS) is 19.7. The Morgan fingerprint density at radius 3 is 2.77 bits per heavy atom. The lowest BCUT2D eigenvalue weighted by atomic mass is 10.2. The maximum atomic E-state index is 12.3. The monoisotopic (exact) mass is 436 g/mol. The summed E-state index contributed by atoms with van der Waals surface area (Å²) in [7, 11) is 0. The summed E-state index contributed by atoms with van der Waals surface area (Å²) in [6.45, 7) is 1.62. The standard InChI is InChI=1S/C18H21BrN4O2S/c19-13-5-7-14(8-6-13)20-16(24)11-26-18-22-21-17(12-3-4-12)23(18)10-15-2-1-9-25-15/h5-8,12,15H,1-4,9-11H2,(H,20,24). The zero-order valence-corrected chi connectivity index (χ0v) is 16.8. The van der Waals surface area contributed by atoms with Crippen LogP contribution in [0.1, 0.15) is 37.4 Å². The first-order valence-corrected chi connectivity index (χ1v) is 10.7. The van der Waals surface area contributed by atoms with E-state index in [1.165, 1.54) is 24.6 Å². The molecule has 1 saturated heterocycles. The molecule has 8 heteroatoms. The summed E-state index contributed by atoms with van der Waals surface area (Å²) in [5.74, 6) is 1.84. The van der Waals surface area contributed by atoms with Gasteiger partial charge in [0, 0.05) is 22.7 Å². The number of amides is 1. The van der Waals surface area contributed by atoms with Crippen molar-refractivity contribution < 1.29 is 9.53 Å². The molecule has 0 bridgehead atoms. The van der Waals surface area contributed by atoms with Crippen molar-refractivity contribution in [3.05, 3.63) is 34.6 Å². The van der Waals surface area contributed by atoms with Crippen LogP contribution in [0.25, 0.3) is 0 Å². The smallest absolute Gasteiger partial charge is 0.234 e. The lowest BCUT2D eigenvalue weighted by Crippen LogP contribution is -2.19. The Morgan fingerprint density at radius 1 is 1.27 bits per heavy atom. The van der Waals surface area contributed by atoms with Crippen molar-refractivity contribution in [3.63, 3.8) is 0 Å². The van der Waals surface area contributed by atoms with Crippen molar-refractivity contribution in [2.75, 3.05) is 17.7 Å². The molecular formula is C18H21BrN4O2S. The van der Waals surface area contributed by atoms with Crippen LogP contribution in [0.5, 0.6) is 0 Å². The van der Waals surface area contributed by atoms with Crippen molar-refractivity contribution in [2.45, 2.75) is 49.4 Å². The number of hydrogen-bond acceptors (Lipinski definition) is 5. The quantitative estimate of drug-likeness (QED) is 0.667. The van der Waals surface area contributed by atoms with Crippen LogP contribution in [-0.4, -0.2) is 39.1 Å². The first kappa shape index (κ1) is 18.0. The largest absolute Gasteiger partial charge is 0.376 e. The number of nitrogens with one attached hydrogen (secondary N) is 1. The first-order valence-electron chi connectivity index (χ1n) is 8.92. The SMILES string of the molecule is O=C(CSc1nnc(C2CC2)n1CC1CCCO1)Nc1ccc(Br)cc1. The lowest BCUT2D eigenvalue weighted by Gasteiger charge is -2.14. The summed E-state index contributed by atoms with van der Waals surface area (Å²) in [6.07, 6.45) is 4.79. The molecule has 2 aliphatic rings. The number of nitrogens with zero attached hydrogens (tertiary/aromatic N) is 3. The number of halogens is 1. The molecule has 2 aromatic rings. The minimum absolute atomic E-state index is 0.0445. The van der Waals surface area contributed by atoms with Gasteiger partial charge in [-0.15, -0.1) is 10.2 Å². The van der Waals surface area contributed by atoms with Crippen LogP contribution in [0.3, 0.4) is 0 Å². The number of hydrogen-bond donors (Lipinski definition) is 1. The number of benzene rings is 1. The molecule has 138 valence electrons. The molecule has 1 unspecified atom stereocenters. The third kappa shape index (κ3) is 4.47. The molecule has 26 heavy (non-hydrogen) atoms. The third-order valence-corrected chi connectivity index (χ3v) is 6.05. The van der Waals surface area contributed by atoms with E-state index < -0.39 is 0 Å². The maximum Gasteiger partial charge on any atom is 0.234 e. The molecule has 0 radical (unpaired) electrons. The fourth-order valence-electron chi connectivity index (χ4n) is 3.07. The van der Waals surface area contributed by atoms with Crippen molar-refractivity contribution in [1.82, 2.24) is 14.8 Å². The summed E-state index contributed by atoms with van der Waals surface area (Å²) >= 11 is 4.83. The van der Waals surface area contributed by atoms with Crippen LogP contribution in [-0.2, 0) is 16.1 Å². The molecule has 1 amide bonds. The minimum atomic E-state index is -0.0445. The van der Waals surface area contributed by atoms with Gasteiger partial charge < -0.3 is 14.6 Å². The predicted molar refractivity (Wildman–Crippen MR) is 104 cm³/mol. The van der Waals surface area contributed by atoms with Crippen LogP contribution in [0.2, 0.25) is 0 Å². The zero-order chi connectivity index (χ0) is 17.9. The van der Waals surface area contributed by atoms with Gasteiger partial charge in [-0.1, -0.05) is 27.7 Å². The number of carbonyl (C=O) groups is 1. The van der Waals surface area contributed by atoms with Crippen molar-refractivity contribution >= 4 is 39.3 Å². The molecule has 1 aromatic heterocycles. The third-order valence-electron chi connectivity index (χ3n) is 4.56.